The smallest absolute Gasteiger partial charge is 0.337 e. The van der Waals surface area contributed by atoms with Gasteiger partial charge < -0.3 is 14.6 Å². The van der Waals surface area contributed by atoms with E-state index < -0.39 is 0 Å². The number of carbonyl (C=O) groups is 1. The summed E-state index contributed by atoms with van der Waals surface area (Å²) < 4.78 is 6.85. The van der Waals surface area contributed by atoms with E-state index in [0.717, 1.165) is 25.0 Å². The van der Waals surface area contributed by atoms with Crippen molar-refractivity contribution in [2.45, 2.75) is 6.42 Å². The number of nitrogens with one attached hydrogen (secondary N) is 1. The first-order valence-corrected chi connectivity index (χ1v) is 6.78. The van der Waals surface area contributed by atoms with E-state index in [1.165, 1.54) is 23.6 Å². The highest BCUT2D eigenvalue weighted by Gasteiger charge is 2.14. The molecule has 0 radical (unpaired) electrons. The average Bonchev–Trinajstić information content (AvgIpc) is 2.84. The molecule has 0 atom stereocenters. The van der Waals surface area contributed by atoms with E-state index in [1.807, 2.05) is 25.2 Å². The summed E-state index contributed by atoms with van der Waals surface area (Å²) in [5, 5.41) is 4.51. The van der Waals surface area contributed by atoms with Crippen molar-refractivity contribution in [2.24, 2.45) is 7.05 Å². The Morgan fingerprint density at radius 1 is 1.40 bits per heavy atom. The fraction of sp³-hybridized carbons (Fsp3) is 0.312. The predicted octanol–water partition coefficient (Wildman–Crippen LogP) is 2.34. The van der Waals surface area contributed by atoms with E-state index in [0.29, 0.717) is 5.56 Å². The van der Waals surface area contributed by atoms with Crippen LogP contribution in [0, 0.1) is 0 Å². The van der Waals surface area contributed by atoms with E-state index in [-0.39, 0.29) is 5.97 Å². The maximum atomic E-state index is 11.6. The second-order valence-corrected chi connectivity index (χ2v) is 5.06. The third-order valence-corrected chi connectivity index (χ3v) is 3.82. The fourth-order valence-electron chi connectivity index (χ4n) is 2.75. The van der Waals surface area contributed by atoms with Crippen LogP contribution in [0.25, 0.3) is 16.5 Å². The topological polar surface area (TPSA) is 43.3 Å². The number of aromatic nitrogens is 1. The van der Waals surface area contributed by atoms with Gasteiger partial charge in [-0.25, -0.2) is 4.79 Å². The monoisotopic (exact) mass is 270 g/mol. The lowest BCUT2D eigenvalue weighted by Crippen LogP contribution is -2.19. The van der Waals surface area contributed by atoms with Crippen LogP contribution >= 0.6 is 0 Å². The van der Waals surface area contributed by atoms with Crippen molar-refractivity contribution in [3.8, 4) is 0 Å². The molecule has 0 saturated heterocycles. The Bertz CT molecular complexity index is 698. The van der Waals surface area contributed by atoms with Crippen LogP contribution in [0.5, 0.6) is 0 Å². The molecule has 2 aromatic rings. The minimum atomic E-state index is -0.296. The van der Waals surface area contributed by atoms with Crippen LogP contribution in [0.4, 0.5) is 0 Å². The molecule has 0 fully saturated rings. The molecule has 0 aliphatic carbocycles. The molecule has 1 aliphatic rings. The number of carbonyl (C=O) groups excluding carboxylic acids is 1. The van der Waals surface area contributed by atoms with Crippen molar-refractivity contribution in [1.29, 1.82) is 0 Å². The van der Waals surface area contributed by atoms with E-state index in [9.17, 15) is 4.79 Å². The molecule has 1 aromatic heterocycles. The first kappa shape index (κ1) is 12.9. The molecule has 1 aliphatic heterocycles. The van der Waals surface area contributed by atoms with Gasteiger partial charge in [0.05, 0.1) is 12.7 Å². The summed E-state index contributed by atoms with van der Waals surface area (Å²) in [5.41, 5.74) is 4.29. The SMILES string of the molecule is COC(=O)c1ccc2c(C3=CCNCC3)cn(C)c2c1. The van der Waals surface area contributed by atoms with E-state index >= 15 is 0 Å². The number of esters is 1. The van der Waals surface area contributed by atoms with Gasteiger partial charge in [-0.1, -0.05) is 12.1 Å². The zero-order valence-electron chi connectivity index (χ0n) is 11.8. The van der Waals surface area contributed by atoms with Crippen molar-refractivity contribution >= 4 is 22.4 Å². The van der Waals surface area contributed by atoms with Crippen LogP contribution in [0.2, 0.25) is 0 Å². The van der Waals surface area contributed by atoms with Gasteiger partial charge in [0.25, 0.3) is 0 Å². The van der Waals surface area contributed by atoms with E-state index in [4.69, 9.17) is 4.74 Å². The second kappa shape index (κ2) is 5.13. The van der Waals surface area contributed by atoms with Gasteiger partial charge in [-0.05, 0) is 30.7 Å². The zero-order valence-corrected chi connectivity index (χ0v) is 11.8. The molecule has 0 bridgehead atoms. The third kappa shape index (κ3) is 2.12. The van der Waals surface area contributed by atoms with Gasteiger partial charge in [-0.3, -0.25) is 0 Å². The maximum Gasteiger partial charge on any atom is 0.337 e. The van der Waals surface area contributed by atoms with Gasteiger partial charge in [-0.15, -0.1) is 0 Å². The molecule has 4 heteroatoms. The number of fused-ring (bicyclic) bond motifs is 1. The molecule has 0 spiro atoms. The Morgan fingerprint density at radius 2 is 2.25 bits per heavy atom. The van der Waals surface area contributed by atoms with Gasteiger partial charge in [0.15, 0.2) is 0 Å². The summed E-state index contributed by atoms with van der Waals surface area (Å²) >= 11 is 0. The summed E-state index contributed by atoms with van der Waals surface area (Å²) in [6.45, 7) is 1.94. The molecular formula is C16H18N2O2. The average molecular weight is 270 g/mol. The molecule has 1 N–H and O–H groups in total. The first-order chi connectivity index (χ1) is 9.70. The Morgan fingerprint density at radius 3 is 2.95 bits per heavy atom. The number of ether oxygens (including phenoxy) is 1. The Labute approximate surface area is 118 Å². The van der Waals surface area contributed by atoms with Crippen LogP contribution in [0.15, 0.2) is 30.5 Å². The number of nitrogens with zero attached hydrogens (tertiary/aromatic N) is 1. The van der Waals surface area contributed by atoms with E-state index in [2.05, 4.69) is 22.2 Å². The largest absolute Gasteiger partial charge is 0.465 e. The van der Waals surface area contributed by atoms with Gasteiger partial charge in [-0.2, -0.15) is 0 Å². The third-order valence-electron chi connectivity index (χ3n) is 3.82. The number of aryl methyl sites for hydroxylation is 1. The molecular weight excluding hydrogens is 252 g/mol. The summed E-state index contributed by atoms with van der Waals surface area (Å²) in [6, 6.07) is 5.74. The van der Waals surface area contributed by atoms with Crippen LogP contribution in [0.1, 0.15) is 22.3 Å². The van der Waals surface area contributed by atoms with Gasteiger partial charge >= 0.3 is 5.97 Å². The lowest BCUT2D eigenvalue weighted by Gasteiger charge is -2.13. The standard InChI is InChI=1S/C16H18N2O2/c1-18-10-14(11-5-7-17-8-6-11)13-4-3-12(9-15(13)18)16(19)20-2/h3-5,9-10,17H,6-8H2,1-2H3. The summed E-state index contributed by atoms with van der Waals surface area (Å²) in [5.74, 6) is -0.296. The minimum Gasteiger partial charge on any atom is -0.465 e. The van der Waals surface area contributed by atoms with Crippen molar-refractivity contribution in [3.05, 3.63) is 41.6 Å². The summed E-state index contributed by atoms with van der Waals surface area (Å²) in [7, 11) is 3.41. The number of methoxy groups -OCH3 is 1. The van der Waals surface area contributed by atoms with Crippen LogP contribution in [-0.4, -0.2) is 30.7 Å². The van der Waals surface area contributed by atoms with Crippen LogP contribution in [0.3, 0.4) is 0 Å². The Balaban J connectivity index is 2.12. The maximum absolute atomic E-state index is 11.6. The summed E-state index contributed by atoms with van der Waals surface area (Å²) in [6.07, 6.45) is 5.42. The van der Waals surface area contributed by atoms with Gasteiger partial charge in [0.2, 0.25) is 0 Å². The fourth-order valence-corrected chi connectivity index (χ4v) is 2.75. The van der Waals surface area contributed by atoms with Crippen molar-refractivity contribution in [3.63, 3.8) is 0 Å². The molecule has 2 heterocycles. The Kier molecular flexibility index (Phi) is 3.32. The quantitative estimate of drug-likeness (QED) is 0.852. The molecule has 3 rings (SSSR count). The number of rotatable bonds is 2. The number of benzene rings is 1. The normalized spacial score (nSPS) is 15.2. The lowest BCUT2D eigenvalue weighted by atomic mass is 9.99. The van der Waals surface area contributed by atoms with Crippen molar-refractivity contribution in [2.75, 3.05) is 20.2 Å². The number of hydrogen-bond donors (Lipinski definition) is 1. The molecule has 0 unspecified atom stereocenters. The molecule has 0 amide bonds. The van der Waals surface area contributed by atoms with Gasteiger partial charge in [0.1, 0.15) is 0 Å². The molecule has 0 saturated carbocycles. The highest BCUT2D eigenvalue weighted by Crippen LogP contribution is 2.30. The Hall–Kier alpha value is -2.07. The number of hydrogen-bond acceptors (Lipinski definition) is 3. The molecule has 20 heavy (non-hydrogen) atoms. The van der Waals surface area contributed by atoms with Crippen LogP contribution in [-0.2, 0) is 11.8 Å². The molecule has 1 aromatic carbocycles. The predicted molar refractivity (Wildman–Crippen MR) is 79.7 cm³/mol. The molecule has 104 valence electrons. The highest BCUT2D eigenvalue weighted by molar-refractivity contribution is 5.98. The molecule has 4 nitrogen and oxygen atoms in total. The van der Waals surface area contributed by atoms with Crippen LogP contribution < -0.4 is 5.32 Å². The van der Waals surface area contributed by atoms with Gasteiger partial charge in [0, 0.05) is 36.3 Å². The van der Waals surface area contributed by atoms with E-state index in [1.54, 1.807) is 0 Å². The summed E-state index contributed by atoms with van der Waals surface area (Å²) in [4.78, 5) is 11.6. The second-order valence-electron chi connectivity index (χ2n) is 5.06. The minimum absolute atomic E-state index is 0.296. The highest BCUT2D eigenvalue weighted by atomic mass is 16.5. The lowest BCUT2D eigenvalue weighted by molar-refractivity contribution is 0.0601. The van der Waals surface area contributed by atoms with Crippen molar-refractivity contribution < 1.29 is 9.53 Å². The zero-order chi connectivity index (χ0) is 14.1. The van der Waals surface area contributed by atoms with Crippen molar-refractivity contribution in [1.82, 2.24) is 9.88 Å². The first-order valence-electron chi connectivity index (χ1n) is 6.78.